The minimum absolute atomic E-state index is 0.0112. The van der Waals surface area contributed by atoms with Gasteiger partial charge in [-0.15, -0.1) is 0 Å². The number of nitrogens with two attached hydrogens (primary N) is 1. The van der Waals surface area contributed by atoms with Crippen LogP contribution in [0.2, 0.25) is 5.02 Å². The third kappa shape index (κ3) is 6.56. The van der Waals surface area contributed by atoms with Gasteiger partial charge in [0.05, 0.1) is 5.69 Å². The minimum Gasteiger partial charge on any atom is -0.477 e. The predicted octanol–water partition coefficient (Wildman–Crippen LogP) is 4.59. The Morgan fingerprint density at radius 3 is 2.47 bits per heavy atom. The van der Waals surface area contributed by atoms with Crippen molar-refractivity contribution in [2.24, 2.45) is 5.73 Å². The number of aromatic nitrogens is 1. The molecule has 2 aromatic carbocycles. The van der Waals surface area contributed by atoms with Gasteiger partial charge in [-0.1, -0.05) is 29.8 Å². The summed E-state index contributed by atoms with van der Waals surface area (Å²) in [7, 11) is 0. The number of nitrogens with one attached hydrogen (secondary N) is 1. The van der Waals surface area contributed by atoms with Crippen LogP contribution in [-0.4, -0.2) is 51.6 Å². The Labute approximate surface area is 203 Å². The molecule has 182 valence electrons. The fourth-order valence-electron chi connectivity index (χ4n) is 3.92. The third-order valence-electron chi connectivity index (χ3n) is 5.84. The summed E-state index contributed by atoms with van der Waals surface area (Å²) < 4.78 is 15.1. The lowest BCUT2D eigenvalue weighted by atomic mass is 10.1. The van der Waals surface area contributed by atoms with E-state index in [0.29, 0.717) is 23.0 Å². The van der Waals surface area contributed by atoms with Crippen molar-refractivity contribution in [1.82, 2.24) is 9.47 Å². The number of piperidine rings is 1. The first-order valence-corrected chi connectivity index (χ1v) is 11.6. The largest absolute Gasteiger partial charge is 0.477 e. The highest BCUT2D eigenvalue weighted by Crippen LogP contribution is 2.22. The Bertz CT molecular complexity index is 1160. The zero-order valence-corrected chi connectivity index (χ0v) is 20.1. The highest BCUT2D eigenvalue weighted by molar-refractivity contribution is 6.30. The first kappa shape index (κ1) is 25.7. The van der Waals surface area contributed by atoms with Crippen molar-refractivity contribution in [3.8, 4) is 0 Å². The van der Waals surface area contributed by atoms with Crippen LogP contribution in [0.15, 0.2) is 48.5 Å². The summed E-state index contributed by atoms with van der Waals surface area (Å²) >= 11 is 5.67. The molecule has 1 aromatic heterocycles. The Balaban J connectivity index is 0.000000271. The van der Waals surface area contributed by atoms with Crippen molar-refractivity contribution in [2.75, 3.05) is 18.4 Å². The molecule has 0 bridgehead atoms. The molecule has 1 saturated heterocycles. The van der Waals surface area contributed by atoms with E-state index < -0.39 is 17.7 Å². The zero-order valence-electron chi connectivity index (χ0n) is 19.3. The van der Waals surface area contributed by atoms with Crippen LogP contribution in [0.5, 0.6) is 0 Å². The number of amides is 1. The van der Waals surface area contributed by atoms with E-state index in [9.17, 15) is 19.1 Å². The van der Waals surface area contributed by atoms with Gasteiger partial charge in [0, 0.05) is 28.0 Å². The van der Waals surface area contributed by atoms with Gasteiger partial charge in [0.15, 0.2) is 0 Å². The number of likely N-dealkylation sites (tertiary alicyclic amines) is 1. The van der Waals surface area contributed by atoms with Crippen molar-refractivity contribution >= 4 is 40.1 Å². The van der Waals surface area contributed by atoms with Crippen molar-refractivity contribution < 1.29 is 19.1 Å². The molecule has 7 nitrogen and oxygen atoms in total. The molecule has 1 aliphatic heterocycles. The predicted molar refractivity (Wildman–Crippen MR) is 133 cm³/mol. The van der Waals surface area contributed by atoms with Crippen molar-refractivity contribution in [1.29, 1.82) is 0 Å². The number of carboxylic acids is 1. The molecule has 4 rings (SSSR count). The number of para-hydroxylation sites is 1. The molecule has 4 N–H and O–H groups in total. The van der Waals surface area contributed by atoms with Crippen LogP contribution in [0.3, 0.4) is 0 Å². The molecule has 3 aromatic rings. The standard InChI is InChI=1S/C17H12ClFN2O3.C8H18N2/c18-11-5-6-13(12(19)8-11)20-16(22)9-21-14-4-2-1-3-10(14)7-15(21)17(23)24;1-7(2)10-5-3-8(9)4-6-10/h1-8H,9H2,(H,20,22)(H,23,24);7-8H,3-6,9H2,1-2H3. The molecule has 0 atom stereocenters. The van der Waals surface area contributed by atoms with Gasteiger partial charge in [0.2, 0.25) is 5.91 Å². The van der Waals surface area contributed by atoms with E-state index in [1.165, 1.54) is 48.7 Å². The fraction of sp³-hybridized carbons (Fsp3) is 0.360. The molecule has 0 radical (unpaired) electrons. The zero-order chi connectivity index (χ0) is 24.8. The summed E-state index contributed by atoms with van der Waals surface area (Å²) in [6, 6.07) is 13.6. The fourth-order valence-corrected chi connectivity index (χ4v) is 4.08. The smallest absolute Gasteiger partial charge is 0.352 e. The normalized spacial score (nSPS) is 14.6. The summed E-state index contributed by atoms with van der Waals surface area (Å²) in [6.07, 6.45) is 2.36. The van der Waals surface area contributed by atoms with Crippen LogP contribution in [0.4, 0.5) is 10.1 Å². The summed E-state index contributed by atoms with van der Waals surface area (Å²) in [5.74, 6) is -2.34. The monoisotopic (exact) mass is 488 g/mol. The number of halogens is 2. The van der Waals surface area contributed by atoms with Crippen LogP contribution < -0.4 is 11.1 Å². The number of carbonyl (C=O) groups excluding carboxylic acids is 1. The van der Waals surface area contributed by atoms with E-state index in [4.69, 9.17) is 17.3 Å². The maximum Gasteiger partial charge on any atom is 0.352 e. The second-order valence-electron chi connectivity index (χ2n) is 8.62. The lowest BCUT2D eigenvalue weighted by Gasteiger charge is -2.32. The summed E-state index contributed by atoms with van der Waals surface area (Å²) in [5.41, 5.74) is 6.36. The first-order valence-electron chi connectivity index (χ1n) is 11.2. The summed E-state index contributed by atoms with van der Waals surface area (Å²) in [5, 5.41) is 12.7. The average molecular weight is 489 g/mol. The van der Waals surface area contributed by atoms with Crippen molar-refractivity contribution in [3.63, 3.8) is 0 Å². The Morgan fingerprint density at radius 1 is 1.18 bits per heavy atom. The molecule has 0 spiro atoms. The maximum absolute atomic E-state index is 13.7. The number of nitrogens with zero attached hydrogens (tertiary/aromatic N) is 2. The molecule has 0 aliphatic carbocycles. The van der Waals surface area contributed by atoms with Crippen LogP contribution >= 0.6 is 11.6 Å². The van der Waals surface area contributed by atoms with Gasteiger partial charge in [-0.2, -0.15) is 0 Å². The Kier molecular flexibility index (Phi) is 8.66. The minimum atomic E-state index is -1.14. The molecular formula is C25H30ClFN4O3. The summed E-state index contributed by atoms with van der Waals surface area (Å²) in [6.45, 7) is 6.63. The number of hydrogen-bond donors (Lipinski definition) is 3. The van der Waals surface area contributed by atoms with Crippen LogP contribution in [0.1, 0.15) is 37.2 Å². The van der Waals surface area contributed by atoms with Gasteiger partial charge in [0.1, 0.15) is 18.1 Å². The van der Waals surface area contributed by atoms with Gasteiger partial charge in [0.25, 0.3) is 0 Å². The third-order valence-corrected chi connectivity index (χ3v) is 6.08. The molecule has 34 heavy (non-hydrogen) atoms. The topological polar surface area (TPSA) is 101 Å². The van der Waals surface area contributed by atoms with E-state index >= 15 is 0 Å². The number of aromatic carboxylic acids is 1. The average Bonchev–Trinajstić information content (AvgIpc) is 3.15. The van der Waals surface area contributed by atoms with Crippen LogP contribution in [0, 0.1) is 5.82 Å². The number of benzene rings is 2. The van der Waals surface area contributed by atoms with Gasteiger partial charge in [-0.3, -0.25) is 4.79 Å². The second kappa shape index (κ2) is 11.5. The number of rotatable bonds is 5. The van der Waals surface area contributed by atoms with Gasteiger partial charge in [-0.05, 0) is 70.1 Å². The molecule has 9 heteroatoms. The quantitative estimate of drug-likeness (QED) is 0.487. The molecule has 2 heterocycles. The Hall–Kier alpha value is -2.94. The van der Waals surface area contributed by atoms with E-state index in [1.54, 1.807) is 24.3 Å². The van der Waals surface area contributed by atoms with Gasteiger partial charge >= 0.3 is 5.97 Å². The Morgan fingerprint density at radius 2 is 1.85 bits per heavy atom. The molecule has 1 aliphatic rings. The SMILES string of the molecule is CC(C)N1CCC(N)CC1.O=C(Cn1c(C(=O)O)cc2ccccc21)Nc1ccc(Cl)cc1F. The van der Waals surface area contributed by atoms with E-state index in [-0.39, 0.29) is 22.9 Å². The number of hydrogen-bond acceptors (Lipinski definition) is 4. The number of carboxylic acid groups (broad SMARTS) is 1. The molecule has 1 fully saturated rings. The van der Waals surface area contributed by atoms with Crippen LogP contribution in [-0.2, 0) is 11.3 Å². The first-order chi connectivity index (χ1) is 16.2. The number of fused-ring (bicyclic) bond motifs is 1. The summed E-state index contributed by atoms with van der Waals surface area (Å²) in [4.78, 5) is 26.1. The molecule has 0 saturated carbocycles. The molecule has 1 amide bonds. The molecule has 0 unspecified atom stereocenters. The van der Waals surface area contributed by atoms with Crippen molar-refractivity contribution in [3.05, 3.63) is 65.1 Å². The maximum atomic E-state index is 13.7. The van der Waals surface area contributed by atoms with E-state index in [1.807, 2.05) is 0 Å². The van der Waals surface area contributed by atoms with E-state index in [0.717, 1.165) is 6.07 Å². The lowest BCUT2D eigenvalue weighted by molar-refractivity contribution is -0.116. The number of anilines is 1. The number of carbonyl (C=O) groups is 2. The highest BCUT2D eigenvalue weighted by Gasteiger charge is 2.18. The molecular weight excluding hydrogens is 459 g/mol. The van der Waals surface area contributed by atoms with Crippen molar-refractivity contribution in [2.45, 2.75) is 45.3 Å². The van der Waals surface area contributed by atoms with Gasteiger partial charge in [-0.25, -0.2) is 9.18 Å². The van der Waals surface area contributed by atoms with Gasteiger partial charge < -0.3 is 25.6 Å². The highest BCUT2D eigenvalue weighted by atomic mass is 35.5. The second-order valence-corrected chi connectivity index (χ2v) is 9.06. The van der Waals surface area contributed by atoms with Crippen LogP contribution in [0.25, 0.3) is 10.9 Å². The van der Waals surface area contributed by atoms with E-state index in [2.05, 4.69) is 24.1 Å². The lowest BCUT2D eigenvalue weighted by Crippen LogP contribution is -2.42.